The molecular formula is C23H38BrNO6. The van der Waals surface area contributed by atoms with Crippen molar-refractivity contribution >= 4 is 17.0 Å². The SMILES string of the molecule is Br.CCN1C[C@]2(O)CC[C@H](OC)[C@]34C1[C@H](C[C@H]23)[C@@]1(O)C[C@H](OC)[C@H]2C[C@@H]4[C@]1(O)[C@H]2OC. The Morgan fingerprint density at radius 1 is 1.00 bits per heavy atom. The number of likely N-dealkylation sites (tertiary alicyclic amines) is 1. The summed E-state index contributed by atoms with van der Waals surface area (Å²) in [5.41, 5.74) is -3.81. The van der Waals surface area contributed by atoms with Gasteiger partial charge in [-0.2, -0.15) is 0 Å². The summed E-state index contributed by atoms with van der Waals surface area (Å²) in [5.74, 6) is -0.262. The summed E-state index contributed by atoms with van der Waals surface area (Å²) < 4.78 is 18.0. The van der Waals surface area contributed by atoms with E-state index in [1.807, 2.05) is 0 Å². The second-order valence-electron chi connectivity index (χ2n) is 11.1. The Hall–Kier alpha value is 0.200. The maximum Gasteiger partial charge on any atom is 0.124 e. The van der Waals surface area contributed by atoms with Crippen molar-refractivity contribution in [2.24, 2.45) is 29.1 Å². The number of ether oxygens (including phenoxy) is 3. The fourth-order valence-electron chi connectivity index (χ4n) is 10.3. The van der Waals surface area contributed by atoms with Crippen molar-refractivity contribution in [1.82, 2.24) is 4.90 Å². The number of piperidine rings is 1. The van der Waals surface area contributed by atoms with Crippen LogP contribution < -0.4 is 0 Å². The molecule has 1 spiro atoms. The van der Waals surface area contributed by atoms with Crippen molar-refractivity contribution in [2.75, 3.05) is 34.4 Å². The number of likely N-dealkylation sites (N-methyl/N-ethyl adjacent to an activating group) is 1. The van der Waals surface area contributed by atoms with Crippen molar-refractivity contribution in [3.8, 4) is 0 Å². The van der Waals surface area contributed by atoms with E-state index in [1.165, 1.54) is 0 Å². The summed E-state index contributed by atoms with van der Waals surface area (Å²) in [6.07, 6.45) is 2.77. The average Bonchev–Trinajstić information content (AvgIpc) is 3.16. The minimum atomic E-state index is -1.34. The van der Waals surface area contributed by atoms with Gasteiger partial charge in [0.15, 0.2) is 0 Å². The highest BCUT2D eigenvalue weighted by Crippen LogP contribution is 2.78. The molecule has 31 heavy (non-hydrogen) atoms. The summed E-state index contributed by atoms with van der Waals surface area (Å²) in [5, 5.41) is 36.8. The number of hydrogen-bond acceptors (Lipinski definition) is 7. The minimum Gasteiger partial charge on any atom is -0.388 e. The lowest BCUT2D eigenvalue weighted by atomic mass is 9.44. The molecule has 5 aliphatic carbocycles. The quantitative estimate of drug-likeness (QED) is 0.526. The Bertz CT molecular complexity index is 758. The summed E-state index contributed by atoms with van der Waals surface area (Å²) in [4.78, 5) is 2.40. The molecule has 178 valence electrons. The Kier molecular flexibility index (Phi) is 5.09. The van der Waals surface area contributed by atoms with Gasteiger partial charge >= 0.3 is 0 Å². The van der Waals surface area contributed by atoms with Crippen LogP contribution in [-0.2, 0) is 14.2 Å². The summed E-state index contributed by atoms with van der Waals surface area (Å²) in [7, 11) is 5.13. The molecule has 0 aromatic rings. The highest BCUT2D eigenvalue weighted by atomic mass is 79.9. The van der Waals surface area contributed by atoms with Crippen LogP contribution >= 0.6 is 17.0 Å². The monoisotopic (exact) mass is 503 g/mol. The molecule has 5 saturated carbocycles. The third kappa shape index (κ3) is 2.17. The van der Waals surface area contributed by atoms with Gasteiger partial charge in [0, 0.05) is 63.5 Å². The van der Waals surface area contributed by atoms with Crippen LogP contribution in [0.2, 0.25) is 0 Å². The molecule has 8 heteroatoms. The van der Waals surface area contributed by atoms with E-state index >= 15 is 0 Å². The molecule has 7 bridgehead atoms. The van der Waals surface area contributed by atoms with Gasteiger partial charge in [0.1, 0.15) is 11.2 Å². The number of aliphatic hydroxyl groups is 3. The Balaban J connectivity index is 0.00000204. The van der Waals surface area contributed by atoms with Crippen molar-refractivity contribution in [3.05, 3.63) is 0 Å². The fraction of sp³-hybridized carbons (Fsp3) is 1.00. The Morgan fingerprint density at radius 3 is 2.35 bits per heavy atom. The Morgan fingerprint density at radius 2 is 1.74 bits per heavy atom. The van der Waals surface area contributed by atoms with Gasteiger partial charge in [-0.1, -0.05) is 6.92 Å². The predicted molar refractivity (Wildman–Crippen MR) is 118 cm³/mol. The standard InChI is InChI=1S/C23H37NO6.BrH/c1-5-24-11-20(25)7-6-17(29-3)22-15(20)9-13(18(22)24)21(26)10-14(28-2)12-8-16(22)23(21,27)19(12)30-4;/h12-19,25-27H,5-11H2,1-4H3;1H/t12-,13+,14+,15-,16+,17+,18?,19+,20-,21+,22+,23+;/m1./s1. The van der Waals surface area contributed by atoms with Gasteiger partial charge in [-0.3, -0.25) is 4.90 Å². The highest BCUT2D eigenvalue weighted by Gasteiger charge is 2.88. The van der Waals surface area contributed by atoms with Crippen LogP contribution in [0.5, 0.6) is 0 Å². The number of rotatable bonds is 4. The Labute approximate surface area is 195 Å². The molecule has 3 N–H and O–H groups in total. The van der Waals surface area contributed by atoms with Gasteiger partial charge in [-0.25, -0.2) is 0 Å². The van der Waals surface area contributed by atoms with Gasteiger partial charge in [0.25, 0.3) is 0 Å². The lowest BCUT2D eigenvalue weighted by Crippen LogP contribution is -2.83. The van der Waals surface area contributed by atoms with Crippen LogP contribution in [0.15, 0.2) is 0 Å². The highest BCUT2D eigenvalue weighted by molar-refractivity contribution is 8.93. The van der Waals surface area contributed by atoms with E-state index in [0.29, 0.717) is 13.0 Å². The molecular weight excluding hydrogens is 466 g/mol. The molecule has 6 fully saturated rings. The first-order valence-corrected chi connectivity index (χ1v) is 11.8. The minimum absolute atomic E-state index is 0. The number of methoxy groups -OCH3 is 3. The second-order valence-corrected chi connectivity index (χ2v) is 11.1. The summed E-state index contributed by atoms with van der Waals surface area (Å²) >= 11 is 0. The van der Waals surface area contributed by atoms with E-state index in [-0.39, 0.29) is 64.3 Å². The maximum atomic E-state index is 12.4. The van der Waals surface area contributed by atoms with E-state index in [0.717, 1.165) is 32.2 Å². The van der Waals surface area contributed by atoms with Crippen LogP contribution in [0, 0.1) is 29.1 Å². The van der Waals surface area contributed by atoms with Crippen molar-refractivity contribution in [1.29, 1.82) is 0 Å². The van der Waals surface area contributed by atoms with E-state index in [2.05, 4.69) is 11.8 Å². The van der Waals surface area contributed by atoms with Crippen molar-refractivity contribution in [2.45, 2.75) is 80.2 Å². The van der Waals surface area contributed by atoms with Gasteiger partial charge < -0.3 is 29.5 Å². The van der Waals surface area contributed by atoms with Crippen LogP contribution in [-0.4, -0.2) is 95.8 Å². The second kappa shape index (κ2) is 6.87. The van der Waals surface area contributed by atoms with E-state index in [9.17, 15) is 15.3 Å². The zero-order valence-corrected chi connectivity index (χ0v) is 20.7. The van der Waals surface area contributed by atoms with Crippen LogP contribution in [0.25, 0.3) is 0 Å². The first-order valence-electron chi connectivity index (χ1n) is 11.8. The number of β-amino-alcohol motifs (C(OH)–C–C–N with tert-alkyl or cyclic N) is 1. The molecule has 1 saturated heterocycles. The van der Waals surface area contributed by atoms with Gasteiger partial charge in [-0.15, -0.1) is 17.0 Å². The predicted octanol–water partition coefficient (Wildman–Crippen LogP) is 0.976. The number of hydrogen-bond donors (Lipinski definition) is 3. The molecule has 12 atom stereocenters. The lowest BCUT2D eigenvalue weighted by molar-refractivity contribution is -0.338. The smallest absolute Gasteiger partial charge is 0.124 e. The molecule has 0 radical (unpaired) electrons. The fourth-order valence-corrected chi connectivity index (χ4v) is 10.3. The number of fused-ring (bicyclic) bond motifs is 2. The molecule has 6 rings (SSSR count). The van der Waals surface area contributed by atoms with E-state index in [4.69, 9.17) is 14.2 Å². The first-order chi connectivity index (χ1) is 14.3. The molecule has 0 aromatic carbocycles. The largest absolute Gasteiger partial charge is 0.388 e. The molecule has 0 amide bonds. The maximum absolute atomic E-state index is 12.4. The number of halogens is 1. The van der Waals surface area contributed by atoms with Gasteiger partial charge in [0.2, 0.25) is 0 Å². The van der Waals surface area contributed by atoms with Crippen LogP contribution in [0.3, 0.4) is 0 Å². The molecule has 6 aliphatic rings. The van der Waals surface area contributed by atoms with E-state index in [1.54, 1.807) is 21.3 Å². The zero-order valence-electron chi connectivity index (χ0n) is 19.0. The lowest BCUT2D eigenvalue weighted by Gasteiger charge is -2.70. The summed E-state index contributed by atoms with van der Waals surface area (Å²) in [6, 6.07) is 0.0974. The van der Waals surface area contributed by atoms with Crippen molar-refractivity contribution < 1.29 is 29.5 Å². The van der Waals surface area contributed by atoms with Gasteiger partial charge in [0.05, 0.1) is 23.9 Å². The molecule has 0 aromatic heterocycles. The van der Waals surface area contributed by atoms with Crippen LogP contribution in [0.4, 0.5) is 0 Å². The van der Waals surface area contributed by atoms with Crippen LogP contribution in [0.1, 0.15) is 39.0 Å². The topological polar surface area (TPSA) is 91.6 Å². The van der Waals surface area contributed by atoms with Gasteiger partial charge in [-0.05, 0) is 38.1 Å². The molecule has 1 aliphatic heterocycles. The number of nitrogens with zero attached hydrogens (tertiary/aromatic N) is 1. The van der Waals surface area contributed by atoms with E-state index < -0.39 is 22.9 Å². The molecule has 1 unspecified atom stereocenters. The first kappa shape index (κ1) is 23.0. The third-order valence-electron chi connectivity index (χ3n) is 10.9. The third-order valence-corrected chi connectivity index (χ3v) is 10.9. The summed E-state index contributed by atoms with van der Waals surface area (Å²) in [6.45, 7) is 3.62. The molecule has 7 nitrogen and oxygen atoms in total. The average molecular weight is 504 g/mol. The van der Waals surface area contributed by atoms with Crippen molar-refractivity contribution in [3.63, 3.8) is 0 Å². The normalized spacial score (nSPS) is 61.3. The zero-order chi connectivity index (χ0) is 21.3. The molecule has 1 heterocycles.